The normalized spacial score (nSPS) is 12.0. The molecule has 2 nitrogen and oxygen atoms in total. The minimum Gasteiger partial charge on any atom is -0.295 e. The standard InChI is InChI=1S/C14H24.C7H7NO/c1-5-8-9-11-13(4)12-14(7-3)10-6-2;1-6(9)7-2-4-8-5-3-7/h5,8-9,11,14H,4,6-7,10,12H2,1-3H3;2-5H,1H3/b8-5-,11-9-;. The highest BCUT2D eigenvalue weighted by Crippen LogP contribution is 2.19. The minimum absolute atomic E-state index is 0.0809. The Morgan fingerprint density at radius 2 is 1.91 bits per heavy atom. The predicted molar refractivity (Wildman–Crippen MR) is 101 cm³/mol. The summed E-state index contributed by atoms with van der Waals surface area (Å²) in [5.41, 5.74) is 1.97. The highest BCUT2D eigenvalue weighted by molar-refractivity contribution is 5.93. The Balaban J connectivity index is 0.000000459. The summed E-state index contributed by atoms with van der Waals surface area (Å²) >= 11 is 0. The Morgan fingerprint density at radius 1 is 1.26 bits per heavy atom. The summed E-state index contributed by atoms with van der Waals surface area (Å²) in [6, 6.07) is 3.39. The molecule has 0 aromatic carbocycles. The summed E-state index contributed by atoms with van der Waals surface area (Å²) in [5, 5.41) is 0. The maximum Gasteiger partial charge on any atom is 0.159 e. The molecule has 1 unspecified atom stereocenters. The molecule has 0 aliphatic heterocycles. The predicted octanol–water partition coefficient (Wildman–Crippen LogP) is 6.18. The van der Waals surface area contributed by atoms with Crippen molar-refractivity contribution in [1.29, 1.82) is 0 Å². The van der Waals surface area contributed by atoms with Crippen molar-refractivity contribution in [3.63, 3.8) is 0 Å². The largest absolute Gasteiger partial charge is 0.295 e. The molecule has 0 aliphatic carbocycles. The van der Waals surface area contributed by atoms with E-state index in [0.717, 1.165) is 12.3 Å². The number of rotatable bonds is 8. The van der Waals surface area contributed by atoms with Gasteiger partial charge in [-0.3, -0.25) is 9.78 Å². The molecule has 23 heavy (non-hydrogen) atoms. The topological polar surface area (TPSA) is 30.0 Å². The number of hydrogen-bond donors (Lipinski definition) is 0. The van der Waals surface area contributed by atoms with E-state index in [1.807, 2.05) is 19.1 Å². The molecule has 0 aliphatic rings. The molecule has 0 amide bonds. The molecule has 1 aromatic heterocycles. The number of aromatic nitrogens is 1. The van der Waals surface area contributed by atoms with Gasteiger partial charge in [-0.2, -0.15) is 0 Å². The molecule has 0 saturated heterocycles. The Hall–Kier alpha value is -1.96. The number of carbonyl (C=O) groups excluding carboxylic acids is 1. The Morgan fingerprint density at radius 3 is 2.35 bits per heavy atom. The van der Waals surface area contributed by atoms with Crippen molar-refractivity contribution < 1.29 is 4.79 Å². The number of Topliss-reactive ketones (excluding diaryl/α,β-unsaturated/α-hetero) is 1. The molecule has 0 bridgehead atoms. The molecule has 1 heterocycles. The first-order valence-corrected chi connectivity index (χ1v) is 8.43. The molecular formula is C21H31NO. The first-order chi connectivity index (χ1) is 11.0. The van der Waals surface area contributed by atoms with E-state index in [2.05, 4.69) is 37.6 Å². The average Bonchev–Trinajstić information content (AvgIpc) is 2.56. The van der Waals surface area contributed by atoms with Crippen LogP contribution in [-0.2, 0) is 0 Å². The van der Waals surface area contributed by atoms with Gasteiger partial charge in [0.2, 0.25) is 0 Å². The molecule has 1 aromatic rings. The van der Waals surface area contributed by atoms with Crippen LogP contribution in [0.5, 0.6) is 0 Å². The molecule has 0 N–H and O–H groups in total. The zero-order chi connectivity index (χ0) is 17.5. The van der Waals surface area contributed by atoms with Gasteiger partial charge in [0.1, 0.15) is 0 Å². The van der Waals surface area contributed by atoms with Gasteiger partial charge < -0.3 is 0 Å². The Kier molecular flexibility index (Phi) is 12.5. The maximum atomic E-state index is 10.6. The van der Waals surface area contributed by atoms with Crippen LogP contribution in [0, 0.1) is 5.92 Å². The van der Waals surface area contributed by atoms with E-state index in [-0.39, 0.29) is 5.78 Å². The van der Waals surface area contributed by atoms with E-state index in [1.54, 1.807) is 24.5 Å². The molecular weight excluding hydrogens is 282 g/mol. The van der Waals surface area contributed by atoms with Crippen LogP contribution in [0.2, 0.25) is 0 Å². The first kappa shape index (κ1) is 21.0. The SMILES string of the molecule is C=C(/C=C\C=C/C)CC(CC)CCC.CC(=O)c1ccncc1. The molecule has 1 rings (SSSR count). The van der Waals surface area contributed by atoms with Gasteiger partial charge in [-0.05, 0) is 38.3 Å². The van der Waals surface area contributed by atoms with Crippen LogP contribution in [0.1, 0.15) is 63.7 Å². The van der Waals surface area contributed by atoms with Crippen LogP contribution in [0.15, 0.2) is 61.0 Å². The Bertz CT molecular complexity index is 500. The number of ketones is 1. The van der Waals surface area contributed by atoms with Crippen molar-refractivity contribution in [3.8, 4) is 0 Å². The highest BCUT2D eigenvalue weighted by atomic mass is 16.1. The van der Waals surface area contributed by atoms with Gasteiger partial charge in [0.25, 0.3) is 0 Å². The van der Waals surface area contributed by atoms with Crippen LogP contribution in [0.3, 0.4) is 0 Å². The lowest BCUT2D eigenvalue weighted by Crippen LogP contribution is -1.98. The van der Waals surface area contributed by atoms with Crippen LogP contribution >= 0.6 is 0 Å². The lowest BCUT2D eigenvalue weighted by molar-refractivity contribution is 0.101. The first-order valence-electron chi connectivity index (χ1n) is 8.43. The van der Waals surface area contributed by atoms with Gasteiger partial charge in [0, 0.05) is 18.0 Å². The number of carbonyl (C=O) groups is 1. The third-order valence-corrected chi connectivity index (χ3v) is 3.55. The molecule has 0 spiro atoms. The summed E-state index contributed by atoms with van der Waals surface area (Å²) < 4.78 is 0. The third-order valence-electron chi connectivity index (χ3n) is 3.55. The van der Waals surface area contributed by atoms with Gasteiger partial charge in [-0.15, -0.1) is 0 Å². The van der Waals surface area contributed by atoms with Gasteiger partial charge in [0.15, 0.2) is 5.78 Å². The van der Waals surface area contributed by atoms with Crippen molar-refractivity contribution in [2.75, 3.05) is 0 Å². The summed E-state index contributed by atoms with van der Waals surface area (Å²) in [6.07, 6.45) is 16.5. The van der Waals surface area contributed by atoms with E-state index in [0.29, 0.717) is 5.56 Å². The zero-order valence-corrected chi connectivity index (χ0v) is 15.1. The van der Waals surface area contributed by atoms with Crippen molar-refractivity contribution in [1.82, 2.24) is 4.98 Å². The summed E-state index contributed by atoms with van der Waals surface area (Å²) in [5.74, 6) is 0.903. The van der Waals surface area contributed by atoms with E-state index in [9.17, 15) is 4.79 Å². The van der Waals surface area contributed by atoms with Gasteiger partial charge >= 0.3 is 0 Å². The number of hydrogen-bond acceptors (Lipinski definition) is 2. The van der Waals surface area contributed by atoms with Crippen LogP contribution in [0.25, 0.3) is 0 Å². The molecule has 2 heteroatoms. The number of pyridine rings is 1. The van der Waals surface area contributed by atoms with Gasteiger partial charge in [-0.1, -0.05) is 69.6 Å². The number of nitrogens with zero attached hydrogens (tertiary/aromatic N) is 1. The van der Waals surface area contributed by atoms with Crippen LogP contribution in [0.4, 0.5) is 0 Å². The Labute approximate surface area is 142 Å². The highest BCUT2D eigenvalue weighted by Gasteiger charge is 2.04. The second kappa shape index (κ2) is 13.7. The minimum atomic E-state index is 0.0809. The van der Waals surface area contributed by atoms with E-state index >= 15 is 0 Å². The average molecular weight is 313 g/mol. The fraction of sp³-hybridized carbons (Fsp3) is 0.429. The van der Waals surface area contributed by atoms with Crippen LogP contribution < -0.4 is 0 Å². The summed E-state index contributed by atoms with van der Waals surface area (Å²) in [7, 11) is 0. The smallest absolute Gasteiger partial charge is 0.159 e. The second-order valence-electron chi connectivity index (χ2n) is 5.60. The van der Waals surface area contributed by atoms with E-state index in [4.69, 9.17) is 0 Å². The quantitative estimate of drug-likeness (QED) is 0.424. The zero-order valence-electron chi connectivity index (χ0n) is 15.1. The fourth-order valence-electron chi connectivity index (χ4n) is 2.19. The molecule has 0 saturated carbocycles. The molecule has 0 radical (unpaired) electrons. The monoisotopic (exact) mass is 313 g/mol. The summed E-state index contributed by atoms with van der Waals surface area (Å²) in [6.45, 7) is 12.2. The lowest BCUT2D eigenvalue weighted by atomic mass is 9.93. The maximum absolute atomic E-state index is 10.6. The summed E-state index contributed by atoms with van der Waals surface area (Å²) in [4.78, 5) is 14.4. The van der Waals surface area contributed by atoms with Crippen molar-refractivity contribution in [2.45, 2.75) is 53.4 Å². The molecule has 0 fully saturated rings. The van der Waals surface area contributed by atoms with Crippen molar-refractivity contribution >= 4 is 5.78 Å². The van der Waals surface area contributed by atoms with E-state index in [1.165, 1.54) is 31.8 Å². The van der Waals surface area contributed by atoms with Crippen molar-refractivity contribution in [3.05, 3.63) is 66.5 Å². The fourth-order valence-corrected chi connectivity index (χ4v) is 2.19. The lowest BCUT2D eigenvalue weighted by Gasteiger charge is -2.13. The second-order valence-corrected chi connectivity index (χ2v) is 5.60. The van der Waals surface area contributed by atoms with Gasteiger partial charge in [0.05, 0.1) is 0 Å². The van der Waals surface area contributed by atoms with Crippen molar-refractivity contribution in [2.24, 2.45) is 5.92 Å². The van der Waals surface area contributed by atoms with Gasteiger partial charge in [-0.25, -0.2) is 0 Å². The number of allylic oxidation sites excluding steroid dienone is 5. The third kappa shape index (κ3) is 11.3. The van der Waals surface area contributed by atoms with Crippen LogP contribution in [-0.4, -0.2) is 10.8 Å². The molecule has 126 valence electrons. The van der Waals surface area contributed by atoms with E-state index < -0.39 is 0 Å². The molecule has 1 atom stereocenters.